The lowest BCUT2D eigenvalue weighted by Crippen LogP contribution is -2.49. The van der Waals surface area contributed by atoms with Crippen molar-refractivity contribution in [2.75, 3.05) is 4.90 Å². The summed E-state index contributed by atoms with van der Waals surface area (Å²) in [4.78, 5) is 14.7. The third kappa shape index (κ3) is 2.57. The van der Waals surface area contributed by atoms with Crippen molar-refractivity contribution in [3.8, 4) is 0 Å². The highest BCUT2D eigenvalue weighted by atomic mass is 16.6. The van der Waals surface area contributed by atoms with Gasteiger partial charge in [-0.15, -0.1) is 0 Å². The van der Waals surface area contributed by atoms with Gasteiger partial charge in [0.1, 0.15) is 6.61 Å². The van der Waals surface area contributed by atoms with E-state index in [4.69, 9.17) is 10.5 Å². The van der Waals surface area contributed by atoms with Crippen LogP contribution in [0.5, 0.6) is 0 Å². The van der Waals surface area contributed by atoms with Gasteiger partial charge in [-0.2, -0.15) is 0 Å². The Kier molecular flexibility index (Phi) is 3.98. The van der Waals surface area contributed by atoms with E-state index in [1.807, 2.05) is 59.5 Å². The van der Waals surface area contributed by atoms with Gasteiger partial charge in [0.05, 0.1) is 5.69 Å². The molecule has 0 aromatic heterocycles. The molecule has 0 spiro atoms. The van der Waals surface area contributed by atoms with Crippen molar-refractivity contribution < 1.29 is 9.53 Å². The SMILES string of the molecule is NC1c2ccccc2N(C(=O)OCc2ccccc2)C2CCCC12. The number of nitrogens with zero attached hydrogens (tertiary/aromatic N) is 1. The predicted molar refractivity (Wildman–Crippen MR) is 93.6 cm³/mol. The van der Waals surface area contributed by atoms with Crippen molar-refractivity contribution in [2.45, 2.75) is 38.0 Å². The standard InChI is InChI=1S/C20H22N2O2/c21-19-15-9-4-5-11-17(15)22(18-12-6-10-16(18)19)20(23)24-13-14-7-2-1-3-8-14/h1-5,7-9,11,16,18-19H,6,10,12-13,21H2. The maximum Gasteiger partial charge on any atom is 0.414 e. The Balaban J connectivity index is 1.60. The fourth-order valence-corrected chi connectivity index (χ4v) is 4.13. The molecule has 1 heterocycles. The molecule has 4 rings (SSSR count). The van der Waals surface area contributed by atoms with Gasteiger partial charge in [0, 0.05) is 12.1 Å². The number of rotatable bonds is 2. The number of nitrogens with two attached hydrogens (primary N) is 1. The molecular weight excluding hydrogens is 300 g/mol. The molecule has 4 nitrogen and oxygen atoms in total. The normalized spacial score (nSPS) is 25.0. The Hall–Kier alpha value is -2.33. The molecule has 0 saturated heterocycles. The van der Waals surface area contributed by atoms with Crippen molar-refractivity contribution in [1.82, 2.24) is 0 Å². The molecule has 2 aromatic carbocycles. The molecule has 1 amide bonds. The number of amides is 1. The van der Waals surface area contributed by atoms with Gasteiger partial charge in [0.25, 0.3) is 0 Å². The first-order chi connectivity index (χ1) is 11.8. The lowest BCUT2D eigenvalue weighted by molar-refractivity contribution is 0.141. The van der Waals surface area contributed by atoms with Crippen LogP contribution in [0, 0.1) is 5.92 Å². The summed E-state index contributed by atoms with van der Waals surface area (Å²) in [5.41, 5.74) is 9.44. The highest BCUT2D eigenvalue weighted by molar-refractivity contribution is 5.90. The van der Waals surface area contributed by atoms with Crippen LogP contribution in [0.25, 0.3) is 0 Å². The molecule has 4 heteroatoms. The van der Waals surface area contributed by atoms with Crippen LogP contribution >= 0.6 is 0 Å². The Bertz CT molecular complexity index is 731. The molecule has 2 aromatic rings. The molecule has 3 unspecified atom stereocenters. The average Bonchev–Trinajstić information content (AvgIpc) is 3.11. The van der Waals surface area contributed by atoms with Gasteiger partial charge in [-0.05, 0) is 36.0 Å². The van der Waals surface area contributed by atoms with Crippen molar-refractivity contribution in [3.63, 3.8) is 0 Å². The van der Waals surface area contributed by atoms with Crippen LogP contribution < -0.4 is 10.6 Å². The van der Waals surface area contributed by atoms with Gasteiger partial charge >= 0.3 is 6.09 Å². The number of fused-ring (bicyclic) bond motifs is 2. The maximum atomic E-state index is 12.8. The van der Waals surface area contributed by atoms with Crippen molar-refractivity contribution in [2.24, 2.45) is 11.7 Å². The first-order valence-corrected chi connectivity index (χ1v) is 8.60. The van der Waals surface area contributed by atoms with Crippen LogP contribution in [0.15, 0.2) is 54.6 Å². The van der Waals surface area contributed by atoms with Crippen LogP contribution in [0.3, 0.4) is 0 Å². The number of hydrogen-bond donors (Lipinski definition) is 1. The molecule has 0 bridgehead atoms. The van der Waals surface area contributed by atoms with Gasteiger partial charge in [0.2, 0.25) is 0 Å². The summed E-state index contributed by atoms with van der Waals surface area (Å²) in [6.45, 7) is 0.293. The molecule has 1 aliphatic carbocycles. The summed E-state index contributed by atoms with van der Waals surface area (Å²) in [6, 6.07) is 17.9. The Morgan fingerprint density at radius 2 is 1.83 bits per heavy atom. The number of ether oxygens (including phenoxy) is 1. The largest absolute Gasteiger partial charge is 0.444 e. The molecule has 1 saturated carbocycles. The van der Waals surface area contributed by atoms with E-state index in [-0.39, 0.29) is 18.2 Å². The molecule has 1 aliphatic heterocycles. The molecule has 3 atom stereocenters. The molecule has 2 aliphatic rings. The van der Waals surface area contributed by atoms with Gasteiger partial charge < -0.3 is 10.5 Å². The minimum atomic E-state index is -0.268. The van der Waals surface area contributed by atoms with E-state index in [1.54, 1.807) is 0 Å². The number of hydrogen-bond acceptors (Lipinski definition) is 3. The van der Waals surface area contributed by atoms with E-state index in [0.717, 1.165) is 36.1 Å². The first-order valence-electron chi connectivity index (χ1n) is 8.60. The quantitative estimate of drug-likeness (QED) is 0.909. The highest BCUT2D eigenvalue weighted by Crippen LogP contribution is 2.46. The molecule has 0 radical (unpaired) electrons. The predicted octanol–water partition coefficient (Wildman–Crippen LogP) is 4.01. The van der Waals surface area contributed by atoms with Gasteiger partial charge in [-0.1, -0.05) is 55.0 Å². The van der Waals surface area contributed by atoms with Gasteiger partial charge in [-0.3, -0.25) is 4.90 Å². The van der Waals surface area contributed by atoms with Crippen molar-refractivity contribution in [3.05, 3.63) is 65.7 Å². The van der Waals surface area contributed by atoms with E-state index in [0.29, 0.717) is 12.5 Å². The van der Waals surface area contributed by atoms with Crippen LogP contribution in [0.1, 0.15) is 36.4 Å². The fourth-order valence-electron chi connectivity index (χ4n) is 4.13. The molecular formula is C20H22N2O2. The lowest BCUT2D eigenvalue weighted by atomic mass is 9.83. The second-order valence-electron chi connectivity index (χ2n) is 6.66. The molecule has 124 valence electrons. The summed E-state index contributed by atoms with van der Waals surface area (Å²) in [7, 11) is 0. The van der Waals surface area contributed by atoms with Crippen molar-refractivity contribution in [1.29, 1.82) is 0 Å². The topological polar surface area (TPSA) is 55.6 Å². The summed E-state index contributed by atoms with van der Waals surface area (Å²) >= 11 is 0. The smallest absolute Gasteiger partial charge is 0.414 e. The highest BCUT2D eigenvalue weighted by Gasteiger charge is 2.45. The van der Waals surface area contributed by atoms with E-state index < -0.39 is 0 Å². The zero-order valence-electron chi connectivity index (χ0n) is 13.6. The molecule has 2 N–H and O–H groups in total. The summed E-state index contributed by atoms with van der Waals surface area (Å²) in [5, 5.41) is 0. The molecule has 1 fully saturated rings. The van der Waals surface area contributed by atoms with Gasteiger partial charge in [-0.25, -0.2) is 4.79 Å². The van der Waals surface area contributed by atoms with Gasteiger partial charge in [0.15, 0.2) is 0 Å². The average molecular weight is 322 g/mol. The maximum absolute atomic E-state index is 12.8. The molecule has 24 heavy (non-hydrogen) atoms. The minimum absolute atomic E-state index is 0.00636. The number of para-hydroxylation sites is 1. The third-order valence-electron chi connectivity index (χ3n) is 5.28. The fraction of sp³-hybridized carbons (Fsp3) is 0.350. The monoisotopic (exact) mass is 322 g/mol. The van der Waals surface area contributed by atoms with E-state index >= 15 is 0 Å². The summed E-state index contributed by atoms with van der Waals surface area (Å²) in [5.74, 6) is 0.323. The lowest BCUT2D eigenvalue weighted by Gasteiger charge is -2.41. The Labute approximate surface area is 142 Å². The zero-order valence-corrected chi connectivity index (χ0v) is 13.6. The summed E-state index contributed by atoms with van der Waals surface area (Å²) < 4.78 is 5.61. The van der Waals surface area contributed by atoms with E-state index in [1.165, 1.54) is 0 Å². The van der Waals surface area contributed by atoms with Crippen LogP contribution in [0.2, 0.25) is 0 Å². The van der Waals surface area contributed by atoms with Crippen LogP contribution in [0.4, 0.5) is 10.5 Å². The summed E-state index contributed by atoms with van der Waals surface area (Å²) in [6.07, 6.45) is 2.91. The van der Waals surface area contributed by atoms with Crippen LogP contribution in [-0.2, 0) is 11.3 Å². The second-order valence-corrected chi connectivity index (χ2v) is 6.66. The number of benzene rings is 2. The van der Waals surface area contributed by atoms with E-state index in [2.05, 4.69) is 0 Å². The Morgan fingerprint density at radius 1 is 1.08 bits per heavy atom. The van der Waals surface area contributed by atoms with Crippen LogP contribution in [-0.4, -0.2) is 12.1 Å². The number of carbonyl (C=O) groups is 1. The zero-order chi connectivity index (χ0) is 16.5. The number of anilines is 1. The van der Waals surface area contributed by atoms with Crippen molar-refractivity contribution >= 4 is 11.8 Å². The second kappa shape index (κ2) is 6.29. The third-order valence-corrected chi connectivity index (χ3v) is 5.28. The van der Waals surface area contributed by atoms with E-state index in [9.17, 15) is 4.79 Å². The number of carbonyl (C=O) groups excluding carboxylic acids is 1. The minimum Gasteiger partial charge on any atom is -0.444 e. The Morgan fingerprint density at radius 3 is 2.67 bits per heavy atom. The first kappa shape index (κ1) is 15.2.